The Hall–Kier alpha value is -0.680. The van der Waals surface area contributed by atoms with Gasteiger partial charge in [0.05, 0.1) is 0 Å². The molecule has 0 amide bonds. The summed E-state index contributed by atoms with van der Waals surface area (Å²) in [5.41, 5.74) is 0. The third-order valence-electron chi connectivity index (χ3n) is 0.552. The summed E-state index contributed by atoms with van der Waals surface area (Å²) in [7, 11) is -4.16. The molecule has 0 bridgehead atoms. The quantitative estimate of drug-likeness (QED) is 0.440. The van der Waals surface area contributed by atoms with Gasteiger partial charge in [-0.25, -0.2) is 0 Å². The normalized spacial score (nSPS) is 10.8. The first kappa shape index (κ1) is 8.32. The summed E-state index contributed by atoms with van der Waals surface area (Å²) < 4.78 is 27.8. The van der Waals surface area contributed by atoms with Gasteiger partial charge in [-0.15, -0.1) is 0 Å². The monoisotopic (exact) mass is 150 g/mol. The molecule has 1 N–H and O–H groups in total. The van der Waals surface area contributed by atoms with Crippen molar-refractivity contribution in [3.63, 3.8) is 0 Å². The van der Waals surface area contributed by atoms with Crippen molar-refractivity contribution in [3.8, 4) is 0 Å². The molecule has 0 aromatic heterocycles. The SMILES string of the molecule is C=CC(=O)CS(=O)(=O)O. The van der Waals surface area contributed by atoms with Crippen LogP contribution in [-0.2, 0) is 14.9 Å². The van der Waals surface area contributed by atoms with Crippen LogP contribution in [-0.4, -0.2) is 24.5 Å². The predicted octanol–water partition coefficient (Wildman–Crippen LogP) is -0.371. The van der Waals surface area contributed by atoms with Gasteiger partial charge in [0.15, 0.2) is 5.78 Å². The van der Waals surface area contributed by atoms with E-state index in [4.69, 9.17) is 4.55 Å². The lowest BCUT2D eigenvalue weighted by Crippen LogP contribution is -2.11. The largest absolute Gasteiger partial charge is 0.294 e. The van der Waals surface area contributed by atoms with Gasteiger partial charge < -0.3 is 0 Å². The summed E-state index contributed by atoms with van der Waals surface area (Å²) in [6, 6.07) is 0. The number of hydrogen-bond acceptors (Lipinski definition) is 3. The van der Waals surface area contributed by atoms with Gasteiger partial charge in [-0.05, 0) is 6.08 Å². The summed E-state index contributed by atoms with van der Waals surface area (Å²) in [4.78, 5) is 10.2. The van der Waals surface area contributed by atoms with Crippen LogP contribution in [0.15, 0.2) is 12.7 Å². The Bertz CT molecular complexity index is 213. The second kappa shape index (κ2) is 2.75. The first-order chi connectivity index (χ1) is 3.95. The summed E-state index contributed by atoms with van der Waals surface area (Å²) in [5, 5.41) is 0. The molecule has 0 atom stereocenters. The van der Waals surface area contributed by atoms with Crippen LogP contribution in [0, 0.1) is 0 Å². The molecule has 0 spiro atoms. The van der Waals surface area contributed by atoms with E-state index in [0.717, 1.165) is 6.08 Å². The van der Waals surface area contributed by atoms with Crippen molar-refractivity contribution in [1.29, 1.82) is 0 Å². The number of allylic oxidation sites excluding steroid dienone is 1. The van der Waals surface area contributed by atoms with Gasteiger partial charge in [-0.1, -0.05) is 6.58 Å². The first-order valence-corrected chi connectivity index (χ1v) is 3.67. The molecule has 4 nitrogen and oxygen atoms in total. The smallest absolute Gasteiger partial charge is 0.272 e. The highest BCUT2D eigenvalue weighted by atomic mass is 32.2. The third-order valence-corrected chi connectivity index (χ3v) is 1.20. The summed E-state index contributed by atoms with van der Waals surface area (Å²) in [6.07, 6.45) is 0.841. The van der Waals surface area contributed by atoms with Crippen LogP contribution in [0.3, 0.4) is 0 Å². The molecular weight excluding hydrogens is 144 g/mol. The predicted molar refractivity (Wildman–Crippen MR) is 31.6 cm³/mol. The van der Waals surface area contributed by atoms with Crippen LogP contribution in [0.1, 0.15) is 0 Å². The first-order valence-electron chi connectivity index (χ1n) is 2.06. The number of hydrogen-bond donors (Lipinski definition) is 1. The summed E-state index contributed by atoms with van der Waals surface area (Å²) in [5.74, 6) is -1.59. The lowest BCUT2D eigenvalue weighted by Gasteiger charge is -1.87. The minimum atomic E-state index is -4.16. The molecule has 0 aliphatic rings. The van der Waals surface area contributed by atoms with E-state index in [1.54, 1.807) is 0 Å². The van der Waals surface area contributed by atoms with Crippen LogP contribution in [0.25, 0.3) is 0 Å². The van der Waals surface area contributed by atoms with Gasteiger partial charge in [0.1, 0.15) is 5.75 Å². The molecule has 0 radical (unpaired) electrons. The highest BCUT2D eigenvalue weighted by molar-refractivity contribution is 7.86. The van der Waals surface area contributed by atoms with Crippen molar-refractivity contribution in [2.24, 2.45) is 0 Å². The Morgan fingerprint density at radius 3 is 2.22 bits per heavy atom. The van der Waals surface area contributed by atoms with Crippen molar-refractivity contribution in [1.82, 2.24) is 0 Å². The Balaban J connectivity index is 4.06. The van der Waals surface area contributed by atoms with Gasteiger partial charge >= 0.3 is 0 Å². The molecule has 0 aliphatic heterocycles. The fourth-order valence-electron chi connectivity index (χ4n) is 0.239. The van der Waals surface area contributed by atoms with E-state index in [9.17, 15) is 13.2 Å². The molecule has 0 aliphatic carbocycles. The van der Waals surface area contributed by atoms with Gasteiger partial charge in [0.2, 0.25) is 0 Å². The molecule has 52 valence electrons. The zero-order valence-corrected chi connectivity index (χ0v) is 5.39. The highest BCUT2D eigenvalue weighted by Gasteiger charge is 2.08. The van der Waals surface area contributed by atoms with Crippen LogP contribution in [0.5, 0.6) is 0 Å². The van der Waals surface area contributed by atoms with Crippen molar-refractivity contribution >= 4 is 15.9 Å². The lowest BCUT2D eigenvalue weighted by molar-refractivity contribution is -0.112. The standard InChI is InChI=1S/C4H6O4S/c1-2-4(5)3-9(6,7)8/h2H,1,3H2,(H,6,7,8). The van der Waals surface area contributed by atoms with E-state index in [1.165, 1.54) is 0 Å². The Kier molecular flexibility index (Phi) is 2.54. The third kappa shape index (κ3) is 5.19. The fourth-order valence-corrected chi connectivity index (χ4v) is 0.716. The molecule has 0 aromatic carbocycles. The van der Waals surface area contributed by atoms with Gasteiger partial charge in [0, 0.05) is 0 Å². The molecule has 0 heterocycles. The highest BCUT2D eigenvalue weighted by Crippen LogP contribution is 1.83. The van der Waals surface area contributed by atoms with Crippen molar-refractivity contribution in [2.45, 2.75) is 0 Å². The van der Waals surface area contributed by atoms with Crippen LogP contribution in [0.2, 0.25) is 0 Å². The Labute approximate surface area is 52.9 Å². The van der Waals surface area contributed by atoms with Crippen molar-refractivity contribution in [3.05, 3.63) is 12.7 Å². The number of carbonyl (C=O) groups is 1. The summed E-state index contributed by atoms with van der Waals surface area (Å²) >= 11 is 0. The number of ketones is 1. The van der Waals surface area contributed by atoms with E-state index in [0.29, 0.717) is 0 Å². The molecule has 0 unspecified atom stereocenters. The fraction of sp³-hybridized carbons (Fsp3) is 0.250. The second-order valence-corrected chi connectivity index (χ2v) is 2.85. The summed E-state index contributed by atoms with van der Waals surface area (Å²) in [6.45, 7) is 3.02. The molecule has 9 heavy (non-hydrogen) atoms. The maximum absolute atomic E-state index is 10.2. The maximum atomic E-state index is 10.2. The maximum Gasteiger partial charge on any atom is 0.272 e. The van der Waals surface area contributed by atoms with E-state index in [-0.39, 0.29) is 0 Å². The molecular formula is C4H6O4S. The minimum absolute atomic E-state index is 0.711. The Morgan fingerprint density at radius 2 is 2.11 bits per heavy atom. The zero-order chi connectivity index (χ0) is 7.49. The van der Waals surface area contributed by atoms with Gasteiger partial charge in [0.25, 0.3) is 10.1 Å². The molecule has 0 saturated heterocycles. The molecule has 0 saturated carbocycles. The average Bonchev–Trinajstić information content (AvgIpc) is 1.62. The average molecular weight is 150 g/mol. The molecule has 5 heteroatoms. The van der Waals surface area contributed by atoms with Gasteiger partial charge in [-0.2, -0.15) is 8.42 Å². The lowest BCUT2D eigenvalue weighted by atomic mass is 10.5. The van der Waals surface area contributed by atoms with Crippen LogP contribution >= 0.6 is 0 Å². The zero-order valence-electron chi connectivity index (χ0n) is 4.57. The molecule has 0 aromatic rings. The van der Waals surface area contributed by atoms with Crippen molar-refractivity contribution in [2.75, 3.05) is 5.75 Å². The van der Waals surface area contributed by atoms with E-state index in [2.05, 4.69) is 6.58 Å². The minimum Gasteiger partial charge on any atom is -0.294 e. The van der Waals surface area contributed by atoms with Crippen molar-refractivity contribution < 1.29 is 17.8 Å². The topological polar surface area (TPSA) is 71.4 Å². The van der Waals surface area contributed by atoms with E-state index in [1.807, 2.05) is 0 Å². The second-order valence-electron chi connectivity index (χ2n) is 1.40. The van der Waals surface area contributed by atoms with E-state index < -0.39 is 21.7 Å². The number of carbonyl (C=O) groups excluding carboxylic acids is 1. The number of rotatable bonds is 3. The molecule has 0 fully saturated rings. The Morgan fingerprint density at radius 1 is 1.67 bits per heavy atom. The van der Waals surface area contributed by atoms with Crippen LogP contribution in [0.4, 0.5) is 0 Å². The van der Waals surface area contributed by atoms with E-state index >= 15 is 0 Å². The van der Waals surface area contributed by atoms with Crippen LogP contribution < -0.4 is 0 Å². The van der Waals surface area contributed by atoms with Gasteiger partial charge in [-0.3, -0.25) is 9.35 Å². The molecule has 0 rings (SSSR count).